The van der Waals surface area contributed by atoms with Crippen molar-refractivity contribution in [2.24, 2.45) is 0 Å². The summed E-state index contributed by atoms with van der Waals surface area (Å²) in [7, 11) is 0. The van der Waals surface area contributed by atoms with Crippen molar-refractivity contribution in [3.05, 3.63) is 64.2 Å². The lowest BCUT2D eigenvalue weighted by molar-refractivity contribution is -0.131. The zero-order valence-corrected chi connectivity index (χ0v) is 11.7. The van der Waals surface area contributed by atoms with E-state index in [0.717, 1.165) is 16.8 Å². The molecular formula is C16H15ClN2O. The molecule has 0 aliphatic carbocycles. The Morgan fingerprint density at radius 3 is 2.70 bits per heavy atom. The Morgan fingerprint density at radius 2 is 1.90 bits per heavy atom. The Hall–Kier alpha value is -2.00. The van der Waals surface area contributed by atoms with Crippen LogP contribution in [-0.4, -0.2) is 10.8 Å². The van der Waals surface area contributed by atoms with E-state index in [1.807, 2.05) is 47.4 Å². The molecule has 0 saturated carbocycles. The minimum Gasteiger partial charge on any atom is -0.399 e. The van der Waals surface area contributed by atoms with E-state index < -0.39 is 0 Å². The van der Waals surface area contributed by atoms with Gasteiger partial charge in [-0.05, 0) is 34.9 Å². The third kappa shape index (κ3) is 2.49. The van der Waals surface area contributed by atoms with Crippen molar-refractivity contribution in [3.63, 3.8) is 0 Å². The molecule has 1 heterocycles. The average Bonchev–Trinajstić information content (AvgIpc) is 2.84. The summed E-state index contributed by atoms with van der Waals surface area (Å²) in [5, 5.41) is 0.641. The van der Waals surface area contributed by atoms with Crippen LogP contribution in [0.15, 0.2) is 42.5 Å². The molecule has 1 aliphatic heterocycles. The van der Waals surface area contributed by atoms with Crippen LogP contribution in [0.2, 0.25) is 5.02 Å². The van der Waals surface area contributed by atoms with Crippen molar-refractivity contribution in [2.75, 3.05) is 5.73 Å². The van der Waals surface area contributed by atoms with Gasteiger partial charge in [-0.2, -0.15) is 0 Å². The van der Waals surface area contributed by atoms with Gasteiger partial charge in [0.25, 0.3) is 0 Å². The Kier molecular flexibility index (Phi) is 3.36. The molecule has 0 fully saturated rings. The van der Waals surface area contributed by atoms with Gasteiger partial charge in [-0.1, -0.05) is 35.9 Å². The Balaban J connectivity index is 1.73. The molecule has 2 N–H and O–H groups in total. The zero-order chi connectivity index (χ0) is 14.1. The highest BCUT2D eigenvalue weighted by molar-refractivity contribution is 6.31. The second-order valence-corrected chi connectivity index (χ2v) is 5.45. The number of amides is 1. The molecule has 4 heteroatoms. The summed E-state index contributed by atoms with van der Waals surface area (Å²) in [6, 6.07) is 13.3. The molecule has 1 aliphatic rings. The first-order valence-electron chi connectivity index (χ1n) is 6.52. The SMILES string of the molecule is Nc1ccc2c(c1)CN(C(=O)Cc1ccccc1Cl)C2. The topological polar surface area (TPSA) is 46.3 Å². The van der Waals surface area contributed by atoms with Crippen LogP contribution >= 0.6 is 11.6 Å². The Bertz CT molecular complexity index is 669. The summed E-state index contributed by atoms with van der Waals surface area (Å²) in [6.45, 7) is 1.28. The smallest absolute Gasteiger partial charge is 0.227 e. The van der Waals surface area contributed by atoms with Crippen LogP contribution in [0.5, 0.6) is 0 Å². The molecule has 3 rings (SSSR count). The van der Waals surface area contributed by atoms with Crippen LogP contribution < -0.4 is 5.73 Å². The van der Waals surface area contributed by atoms with Gasteiger partial charge in [0.15, 0.2) is 0 Å². The predicted octanol–water partition coefficient (Wildman–Crippen LogP) is 3.01. The highest BCUT2D eigenvalue weighted by Gasteiger charge is 2.23. The highest BCUT2D eigenvalue weighted by atomic mass is 35.5. The Labute approximate surface area is 123 Å². The van der Waals surface area contributed by atoms with Crippen molar-refractivity contribution >= 4 is 23.2 Å². The molecule has 0 saturated heterocycles. The van der Waals surface area contributed by atoms with E-state index in [1.54, 1.807) is 0 Å². The third-order valence-electron chi connectivity index (χ3n) is 3.60. The van der Waals surface area contributed by atoms with Crippen molar-refractivity contribution < 1.29 is 4.79 Å². The lowest BCUT2D eigenvalue weighted by Gasteiger charge is -2.15. The first kappa shape index (κ1) is 13.0. The van der Waals surface area contributed by atoms with E-state index in [9.17, 15) is 4.79 Å². The second kappa shape index (κ2) is 5.17. The minimum atomic E-state index is 0.0906. The maximum atomic E-state index is 12.4. The van der Waals surface area contributed by atoms with Gasteiger partial charge in [0.2, 0.25) is 5.91 Å². The molecule has 0 aromatic heterocycles. The number of fused-ring (bicyclic) bond motifs is 1. The summed E-state index contributed by atoms with van der Waals surface area (Å²) in [4.78, 5) is 14.2. The van der Waals surface area contributed by atoms with Crippen molar-refractivity contribution in [1.29, 1.82) is 0 Å². The summed E-state index contributed by atoms with van der Waals surface area (Å²) in [5.41, 5.74) is 9.69. The van der Waals surface area contributed by atoms with Crippen LogP contribution in [0, 0.1) is 0 Å². The molecule has 2 aromatic carbocycles. The van der Waals surface area contributed by atoms with Gasteiger partial charge in [-0.15, -0.1) is 0 Å². The number of hydrogen-bond donors (Lipinski definition) is 1. The minimum absolute atomic E-state index is 0.0906. The molecule has 0 unspecified atom stereocenters. The molecule has 0 spiro atoms. The molecule has 3 nitrogen and oxygen atoms in total. The van der Waals surface area contributed by atoms with Gasteiger partial charge in [0, 0.05) is 23.8 Å². The van der Waals surface area contributed by atoms with Crippen molar-refractivity contribution in [1.82, 2.24) is 4.90 Å². The van der Waals surface area contributed by atoms with Crippen LogP contribution in [0.4, 0.5) is 5.69 Å². The molecule has 0 radical (unpaired) electrons. The van der Waals surface area contributed by atoms with Crippen LogP contribution in [-0.2, 0) is 24.3 Å². The fraction of sp³-hybridized carbons (Fsp3) is 0.188. The van der Waals surface area contributed by atoms with Crippen molar-refractivity contribution in [2.45, 2.75) is 19.5 Å². The zero-order valence-electron chi connectivity index (χ0n) is 11.0. The number of nitrogen functional groups attached to an aromatic ring is 1. The number of carbonyl (C=O) groups is 1. The van der Waals surface area contributed by atoms with E-state index in [4.69, 9.17) is 17.3 Å². The van der Waals surface area contributed by atoms with Gasteiger partial charge < -0.3 is 10.6 Å². The number of rotatable bonds is 2. The standard InChI is InChI=1S/C16H15ClN2O/c17-15-4-2-1-3-11(15)8-16(20)19-9-12-5-6-14(18)7-13(12)10-19/h1-7H,8-10,18H2. The largest absolute Gasteiger partial charge is 0.399 e. The lowest BCUT2D eigenvalue weighted by Crippen LogP contribution is -2.26. The van der Waals surface area contributed by atoms with Crippen LogP contribution in [0.25, 0.3) is 0 Å². The molecule has 0 atom stereocenters. The maximum Gasteiger partial charge on any atom is 0.227 e. The number of carbonyl (C=O) groups excluding carboxylic acids is 1. The summed E-state index contributed by atoms with van der Waals surface area (Å²) in [5.74, 6) is 0.0906. The van der Waals surface area contributed by atoms with E-state index in [1.165, 1.54) is 5.56 Å². The molecule has 20 heavy (non-hydrogen) atoms. The molecule has 0 bridgehead atoms. The van der Waals surface area contributed by atoms with Crippen LogP contribution in [0.3, 0.4) is 0 Å². The number of nitrogens with two attached hydrogens (primary N) is 1. The maximum absolute atomic E-state index is 12.4. The quantitative estimate of drug-likeness (QED) is 0.863. The van der Waals surface area contributed by atoms with E-state index in [-0.39, 0.29) is 5.91 Å². The number of benzene rings is 2. The third-order valence-corrected chi connectivity index (χ3v) is 3.97. The summed E-state index contributed by atoms with van der Waals surface area (Å²) in [6.07, 6.45) is 0.336. The van der Waals surface area contributed by atoms with E-state index >= 15 is 0 Å². The average molecular weight is 287 g/mol. The normalized spacial score (nSPS) is 13.3. The number of halogens is 1. The monoisotopic (exact) mass is 286 g/mol. The number of hydrogen-bond acceptors (Lipinski definition) is 2. The fourth-order valence-corrected chi connectivity index (χ4v) is 2.71. The lowest BCUT2D eigenvalue weighted by atomic mass is 10.1. The molecule has 102 valence electrons. The first-order chi connectivity index (χ1) is 9.63. The van der Waals surface area contributed by atoms with Gasteiger partial charge in [0.05, 0.1) is 6.42 Å². The molecule has 2 aromatic rings. The summed E-state index contributed by atoms with van der Waals surface area (Å²) >= 11 is 6.10. The van der Waals surface area contributed by atoms with Gasteiger partial charge in [-0.3, -0.25) is 4.79 Å². The molecule has 1 amide bonds. The number of nitrogens with zero attached hydrogens (tertiary/aromatic N) is 1. The van der Waals surface area contributed by atoms with Gasteiger partial charge >= 0.3 is 0 Å². The van der Waals surface area contributed by atoms with Crippen molar-refractivity contribution in [3.8, 4) is 0 Å². The fourth-order valence-electron chi connectivity index (χ4n) is 2.51. The van der Waals surface area contributed by atoms with Gasteiger partial charge in [0.1, 0.15) is 0 Å². The molecular weight excluding hydrogens is 272 g/mol. The first-order valence-corrected chi connectivity index (χ1v) is 6.90. The predicted molar refractivity (Wildman–Crippen MR) is 80.3 cm³/mol. The van der Waals surface area contributed by atoms with Gasteiger partial charge in [-0.25, -0.2) is 0 Å². The van der Waals surface area contributed by atoms with E-state index in [0.29, 0.717) is 24.5 Å². The van der Waals surface area contributed by atoms with E-state index in [2.05, 4.69) is 0 Å². The number of anilines is 1. The summed E-state index contributed by atoms with van der Waals surface area (Å²) < 4.78 is 0. The van der Waals surface area contributed by atoms with Crippen LogP contribution in [0.1, 0.15) is 16.7 Å². The Morgan fingerprint density at radius 1 is 1.15 bits per heavy atom. The highest BCUT2D eigenvalue weighted by Crippen LogP contribution is 2.26. The second-order valence-electron chi connectivity index (χ2n) is 5.05.